The van der Waals surface area contributed by atoms with Gasteiger partial charge in [0, 0.05) is 40.4 Å². The molecule has 3 heteroatoms. The first-order chi connectivity index (χ1) is 11.6. The first kappa shape index (κ1) is 15.7. The molecule has 1 aromatic heterocycles. The van der Waals surface area contributed by atoms with E-state index < -0.39 is 0 Å². The molecule has 1 heterocycles. The van der Waals surface area contributed by atoms with E-state index in [1.807, 2.05) is 0 Å². The molecule has 2 aromatic carbocycles. The Kier molecular flexibility index (Phi) is 4.07. The summed E-state index contributed by atoms with van der Waals surface area (Å²) in [6, 6.07) is 18.2. The zero-order valence-electron chi connectivity index (χ0n) is 14.5. The smallest absolute Gasteiger partial charge is 0.0846 e. The number of para-hydroxylation sites is 2. The van der Waals surface area contributed by atoms with Crippen LogP contribution in [0, 0.1) is 0 Å². The van der Waals surface area contributed by atoms with Gasteiger partial charge in [0.25, 0.3) is 0 Å². The van der Waals surface area contributed by atoms with Crippen LogP contribution in [0.3, 0.4) is 0 Å². The van der Waals surface area contributed by atoms with Crippen molar-refractivity contribution in [2.24, 2.45) is 0 Å². The second-order valence-electron chi connectivity index (χ2n) is 7.32. The molecule has 24 heavy (non-hydrogen) atoms. The van der Waals surface area contributed by atoms with Crippen molar-refractivity contribution in [2.75, 3.05) is 6.54 Å². The molecule has 0 radical (unpaired) electrons. The van der Waals surface area contributed by atoms with Gasteiger partial charge in [0.1, 0.15) is 0 Å². The standard InChI is InChI=1S/C21H26N2O/c1-15(2)22(16-11-12-16)13-17(24)14-23-20-9-5-3-7-18(20)19-8-4-6-10-21(19)23/h3-10,15-17,24H,11-14H2,1-2H3. The lowest BCUT2D eigenvalue weighted by molar-refractivity contribution is 0.0800. The lowest BCUT2D eigenvalue weighted by atomic mass is 10.2. The Morgan fingerprint density at radius 1 is 1.00 bits per heavy atom. The van der Waals surface area contributed by atoms with Crippen LogP contribution in [-0.4, -0.2) is 39.3 Å². The van der Waals surface area contributed by atoms with E-state index in [1.54, 1.807) is 0 Å². The van der Waals surface area contributed by atoms with E-state index in [2.05, 4.69) is 71.8 Å². The second kappa shape index (κ2) is 6.23. The van der Waals surface area contributed by atoms with Crippen molar-refractivity contribution < 1.29 is 5.11 Å². The molecule has 1 atom stereocenters. The Balaban J connectivity index is 1.65. The van der Waals surface area contributed by atoms with E-state index in [4.69, 9.17) is 0 Å². The van der Waals surface area contributed by atoms with Gasteiger partial charge in [-0.1, -0.05) is 36.4 Å². The monoisotopic (exact) mass is 322 g/mol. The van der Waals surface area contributed by atoms with Crippen molar-refractivity contribution in [2.45, 2.75) is 51.4 Å². The van der Waals surface area contributed by atoms with Crippen molar-refractivity contribution in [3.63, 3.8) is 0 Å². The van der Waals surface area contributed by atoms with Crippen LogP contribution < -0.4 is 0 Å². The molecule has 126 valence electrons. The molecule has 1 aliphatic rings. The predicted molar refractivity (Wildman–Crippen MR) is 100 cm³/mol. The first-order valence-electron chi connectivity index (χ1n) is 9.05. The average Bonchev–Trinajstić information content (AvgIpc) is 3.38. The number of fused-ring (bicyclic) bond motifs is 3. The van der Waals surface area contributed by atoms with Crippen molar-refractivity contribution in [1.29, 1.82) is 0 Å². The molecule has 1 fully saturated rings. The fourth-order valence-electron chi connectivity index (χ4n) is 3.90. The largest absolute Gasteiger partial charge is 0.390 e. The Bertz CT molecular complexity index is 792. The van der Waals surface area contributed by atoms with Crippen LogP contribution in [-0.2, 0) is 6.54 Å². The van der Waals surface area contributed by atoms with Crippen molar-refractivity contribution in [3.05, 3.63) is 48.5 Å². The fourth-order valence-corrected chi connectivity index (χ4v) is 3.90. The molecule has 0 amide bonds. The van der Waals surface area contributed by atoms with E-state index in [9.17, 15) is 5.11 Å². The fraction of sp³-hybridized carbons (Fsp3) is 0.429. The van der Waals surface area contributed by atoms with Crippen LogP contribution in [0.15, 0.2) is 48.5 Å². The minimum atomic E-state index is -0.354. The average molecular weight is 322 g/mol. The number of aromatic nitrogens is 1. The highest BCUT2D eigenvalue weighted by atomic mass is 16.3. The summed E-state index contributed by atoms with van der Waals surface area (Å²) in [5.74, 6) is 0. The third-order valence-corrected chi connectivity index (χ3v) is 5.17. The maximum atomic E-state index is 10.8. The third kappa shape index (κ3) is 2.83. The Morgan fingerprint density at radius 2 is 1.54 bits per heavy atom. The lowest BCUT2D eigenvalue weighted by Gasteiger charge is -2.29. The normalized spacial score (nSPS) is 16.5. The number of aliphatic hydroxyl groups is 1. The van der Waals surface area contributed by atoms with Crippen molar-refractivity contribution in [3.8, 4) is 0 Å². The van der Waals surface area contributed by atoms with Crippen LogP contribution in [0.2, 0.25) is 0 Å². The Hall–Kier alpha value is -1.84. The highest BCUT2D eigenvalue weighted by molar-refractivity contribution is 6.07. The highest BCUT2D eigenvalue weighted by Crippen LogP contribution is 2.31. The van der Waals surface area contributed by atoms with Crippen molar-refractivity contribution >= 4 is 21.8 Å². The lowest BCUT2D eigenvalue weighted by Crippen LogP contribution is -2.40. The van der Waals surface area contributed by atoms with E-state index in [0.29, 0.717) is 18.6 Å². The van der Waals surface area contributed by atoms with Crippen LogP contribution in [0.4, 0.5) is 0 Å². The molecule has 1 unspecified atom stereocenters. The summed E-state index contributed by atoms with van der Waals surface area (Å²) >= 11 is 0. The van der Waals surface area contributed by atoms with Gasteiger partial charge in [-0.25, -0.2) is 0 Å². The quantitative estimate of drug-likeness (QED) is 0.742. The second-order valence-corrected chi connectivity index (χ2v) is 7.32. The van der Waals surface area contributed by atoms with Crippen LogP contribution in [0.1, 0.15) is 26.7 Å². The third-order valence-electron chi connectivity index (χ3n) is 5.17. The molecule has 4 rings (SSSR count). The SMILES string of the molecule is CC(C)N(CC(O)Cn1c2ccccc2c2ccccc21)C1CC1. The molecule has 1 aliphatic carbocycles. The first-order valence-corrected chi connectivity index (χ1v) is 9.05. The summed E-state index contributed by atoms with van der Waals surface area (Å²) < 4.78 is 2.28. The van der Waals surface area contributed by atoms with Gasteiger partial charge in [-0.05, 0) is 38.8 Å². The number of hydrogen-bond acceptors (Lipinski definition) is 2. The van der Waals surface area contributed by atoms with Gasteiger partial charge in [0.15, 0.2) is 0 Å². The number of benzene rings is 2. The topological polar surface area (TPSA) is 28.4 Å². The minimum Gasteiger partial charge on any atom is -0.390 e. The van der Waals surface area contributed by atoms with E-state index in [0.717, 1.165) is 6.54 Å². The zero-order chi connectivity index (χ0) is 16.7. The molecule has 1 N–H and O–H groups in total. The summed E-state index contributed by atoms with van der Waals surface area (Å²) in [5, 5.41) is 13.3. The molecule has 0 saturated heterocycles. The minimum absolute atomic E-state index is 0.354. The number of nitrogens with zero attached hydrogens (tertiary/aromatic N) is 2. The molecular weight excluding hydrogens is 296 g/mol. The van der Waals surface area contributed by atoms with Crippen molar-refractivity contribution in [1.82, 2.24) is 9.47 Å². The molecule has 3 nitrogen and oxygen atoms in total. The predicted octanol–water partition coefficient (Wildman–Crippen LogP) is 4.03. The summed E-state index contributed by atoms with van der Waals surface area (Å²) in [6.45, 7) is 5.85. The Labute approximate surface area is 143 Å². The zero-order valence-corrected chi connectivity index (χ0v) is 14.5. The van der Waals surface area contributed by atoms with Gasteiger partial charge in [-0.2, -0.15) is 0 Å². The molecule has 1 saturated carbocycles. The van der Waals surface area contributed by atoms with Gasteiger partial charge >= 0.3 is 0 Å². The maximum absolute atomic E-state index is 10.8. The van der Waals surface area contributed by atoms with Crippen LogP contribution in [0.25, 0.3) is 21.8 Å². The molecular formula is C21H26N2O. The van der Waals surface area contributed by atoms with Crippen LogP contribution in [0.5, 0.6) is 0 Å². The summed E-state index contributed by atoms with van der Waals surface area (Å²) in [5.41, 5.74) is 2.42. The summed E-state index contributed by atoms with van der Waals surface area (Å²) in [7, 11) is 0. The van der Waals surface area contributed by atoms with Gasteiger partial charge in [0.2, 0.25) is 0 Å². The maximum Gasteiger partial charge on any atom is 0.0846 e. The van der Waals surface area contributed by atoms with Gasteiger partial charge in [-0.15, -0.1) is 0 Å². The Morgan fingerprint density at radius 3 is 2.04 bits per heavy atom. The number of hydrogen-bond donors (Lipinski definition) is 1. The molecule has 0 spiro atoms. The number of aliphatic hydroxyl groups excluding tert-OH is 1. The van der Waals surface area contributed by atoms with Gasteiger partial charge < -0.3 is 9.67 Å². The molecule has 0 aliphatic heterocycles. The summed E-state index contributed by atoms with van der Waals surface area (Å²) in [6.07, 6.45) is 2.20. The highest BCUT2D eigenvalue weighted by Gasteiger charge is 2.32. The molecule has 3 aromatic rings. The molecule has 0 bridgehead atoms. The van der Waals surface area contributed by atoms with Gasteiger partial charge in [0.05, 0.1) is 12.6 Å². The van der Waals surface area contributed by atoms with Crippen LogP contribution >= 0.6 is 0 Å². The van der Waals surface area contributed by atoms with E-state index in [-0.39, 0.29) is 6.10 Å². The van der Waals surface area contributed by atoms with E-state index >= 15 is 0 Å². The van der Waals surface area contributed by atoms with Gasteiger partial charge in [-0.3, -0.25) is 4.90 Å². The summed E-state index contributed by atoms with van der Waals surface area (Å²) in [4.78, 5) is 2.46. The number of rotatable bonds is 6. The van der Waals surface area contributed by atoms with E-state index in [1.165, 1.54) is 34.6 Å².